The zero-order chi connectivity index (χ0) is 31.8. The molecule has 3 aromatic rings. The Morgan fingerprint density at radius 1 is 0.932 bits per heavy atom. The number of benzene rings is 3. The summed E-state index contributed by atoms with van der Waals surface area (Å²) in [6, 6.07) is 20.3. The highest BCUT2D eigenvalue weighted by atomic mass is 35.5. The van der Waals surface area contributed by atoms with E-state index >= 15 is 0 Å². The Balaban J connectivity index is 1.28. The number of carbonyl (C=O) groups is 2. The summed E-state index contributed by atoms with van der Waals surface area (Å²) >= 11 is 12.7. The third-order valence-electron chi connectivity index (χ3n) is 9.45. The van der Waals surface area contributed by atoms with Crippen molar-refractivity contribution in [3.05, 3.63) is 98.5 Å². The SMILES string of the molecule is Cc1cc(C)cc(C(=O)N(C)CC(CCN2CCC3(CC2)CN(C(=O)C(C)(C)C)c2ccccc23)c2ccc(Cl)c(Cl)c2)c1. The van der Waals surface area contributed by atoms with Gasteiger partial charge in [-0.1, -0.05) is 85.4 Å². The predicted molar refractivity (Wildman–Crippen MR) is 182 cm³/mol. The van der Waals surface area contributed by atoms with Crippen molar-refractivity contribution in [2.24, 2.45) is 5.41 Å². The first-order valence-corrected chi connectivity index (χ1v) is 16.5. The lowest BCUT2D eigenvalue weighted by Crippen LogP contribution is -2.48. The predicted octanol–water partition coefficient (Wildman–Crippen LogP) is 8.28. The fourth-order valence-corrected chi connectivity index (χ4v) is 7.36. The molecule has 0 N–H and O–H groups in total. The molecule has 1 saturated heterocycles. The average molecular weight is 635 g/mol. The number of piperidine rings is 1. The molecule has 0 aliphatic carbocycles. The van der Waals surface area contributed by atoms with Gasteiger partial charge in [0.15, 0.2) is 0 Å². The van der Waals surface area contributed by atoms with E-state index in [1.54, 1.807) is 0 Å². The quantitative estimate of drug-likeness (QED) is 0.263. The van der Waals surface area contributed by atoms with Crippen LogP contribution in [0.3, 0.4) is 0 Å². The van der Waals surface area contributed by atoms with Crippen molar-refractivity contribution in [3.8, 4) is 0 Å². The second kappa shape index (κ2) is 12.9. The summed E-state index contributed by atoms with van der Waals surface area (Å²) in [5.41, 5.74) is 5.95. The number of anilines is 1. The zero-order valence-electron chi connectivity index (χ0n) is 26.9. The molecule has 1 unspecified atom stereocenters. The number of hydrogen-bond acceptors (Lipinski definition) is 3. The number of fused-ring (bicyclic) bond motifs is 2. The standard InChI is InChI=1S/C37H45Cl2N3O2/c1-25-19-26(2)21-29(20-25)34(43)40(6)23-28(27-11-12-31(38)32(39)22-27)13-16-41-17-14-37(15-18-41)24-42(35(44)36(3,4)5)33-10-8-7-9-30(33)37/h7-12,19-22,28H,13-18,23-24H2,1-6H3. The van der Waals surface area contributed by atoms with E-state index in [0.717, 1.165) is 73.4 Å². The van der Waals surface area contributed by atoms with Crippen molar-refractivity contribution < 1.29 is 9.59 Å². The highest BCUT2D eigenvalue weighted by Crippen LogP contribution is 2.48. The summed E-state index contributed by atoms with van der Waals surface area (Å²) in [6.07, 6.45) is 2.92. The van der Waals surface area contributed by atoms with Crippen LogP contribution in [0.15, 0.2) is 60.7 Å². The van der Waals surface area contributed by atoms with Crippen LogP contribution in [0.5, 0.6) is 0 Å². The van der Waals surface area contributed by atoms with Crippen LogP contribution in [0, 0.1) is 19.3 Å². The monoisotopic (exact) mass is 633 g/mol. The summed E-state index contributed by atoms with van der Waals surface area (Å²) < 4.78 is 0. The van der Waals surface area contributed by atoms with Crippen molar-refractivity contribution in [2.45, 2.75) is 65.2 Å². The Hall–Kier alpha value is -2.86. The molecule has 0 saturated carbocycles. The van der Waals surface area contributed by atoms with Crippen molar-refractivity contribution in [2.75, 3.05) is 44.7 Å². The maximum atomic E-state index is 13.5. The second-order valence-corrected chi connectivity index (χ2v) is 14.8. The van der Waals surface area contributed by atoms with Gasteiger partial charge in [0.05, 0.1) is 10.0 Å². The fourth-order valence-electron chi connectivity index (χ4n) is 7.05. The van der Waals surface area contributed by atoms with Gasteiger partial charge in [0, 0.05) is 48.1 Å². The van der Waals surface area contributed by atoms with Crippen LogP contribution in [-0.4, -0.2) is 61.4 Å². The van der Waals surface area contributed by atoms with Gasteiger partial charge in [-0.2, -0.15) is 0 Å². The third-order valence-corrected chi connectivity index (χ3v) is 10.2. The lowest BCUT2D eigenvalue weighted by atomic mass is 9.74. The molecule has 1 spiro atoms. The maximum absolute atomic E-state index is 13.5. The molecule has 0 radical (unpaired) electrons. The lowest BCUT2D eigenvalue weighted by molar-refractivity contribution is -0.125. The van der Waals surface area contributed by atoms with E-state index in [2.05, 4.69) is 29.2 Å². The van der Waals surface area contributed by atoms with Gasteiger partial charge < -0.3 is 14.7 Å². The molecule has 2 aliphatic heterocycles. The number of aryl methyl sites for hydroxylation is 2. The summed E-state index contributed by atoms with van der Waals surface area (Å²) in [4.78, 5) is 33.3. The molecule has 44 heavy (non-hydrogen) atoms. The Bertz CT molecular complexity index is 1520. The number of amides is 2. The Kier molecular flexibility index (Phi) is 9.51. The van der Waals surface area contributed by atoms with E-state index in [9.17, 15) is 9.59 Å². The van der Waals surface area contributed by atoms with Crippen LogP contribution in [0.4, 0.5) is 5.69 Å². The molecule has 5 nitrogen and oxygen atoms in total. The third kappa shape index (κ3) is 6.85. The van der Waals surface area contributed by atoms with Crippen molar-refractivity contribution in [1.29, 1.82) is 0 Å². The number of halogens is 2. The summed E-state index contributed by atoms with van der Waals surface area (Å²) in [5.74, 6) is 0.317. The lowest BCUT2D eigenvalue weighted by Gasteiger charge is -2.40. The number of likely N-dealkylation sites (tertiary alicyclic amines) is 1. The van der Waals surface area contributed by atoms with Crippen molar-refractivity contribution >= 4 is 40.7 Å². The first-order valence-electron chi connectivity index (χ1n) is 15.7. The minimum atomic E-state index is -0.425. The molecule has 1 atom stereocenters. The molecule has 3 aromatic carbocycles. The molecule has 2 amide bonds. The van der Waals surface area contributed by atoms with Gasteiger partial charge in [-0.15, -0.1) is 0 Å². The summed E-state index contributed by atoms with van der Waals surface area (Å²) in [6.45, 7) is 14.2. The van der Waals surface area contributed by atoms with E-state index in [1.165, 1.54) is 5.56 Å². The largest absolute Gasteiger partial charge is 0.341 e. The van der Waals surface area contributed by atoms with Gasteiger partial charge in [0.1, 0.15) is 0 Å². The number of carbonyl (C=O) groups excluding carboxylic acids is 2. The van der Waals surface area contributed by atoms with E-state index in [0.29, 0.717) is 16.6 Å². The molecule has 234 valence electrons. The van der Waals surface area contributed by atoms with E-state index in [4.69, 9.17) is 23.2 Å². The first-order chi connectivity index (χ1) is 20.8. The van der Waals surface area contributed by atoms with Gasteiger partial charge >= 0.3 is 0 Å². The molecule has 0 aromatic heterocycles. The minimum Gasteiger partial charge on any atom is -0.341 e. The minimum absolute atomic E-state index is 0.00427. The van der Waals surface area contributed by atoms with E-state index < -0.39 is 5.41 Å². The van der Waals surface area contributed by atoms with Gasteiger partial charge in [0.2, 0.25) is 5.91 Å². The molecule has 7 heteroatoms. The molecule has 2 heterocycles. The summed E-state index contributed by atoms with van der Waals surface area (Å²) in [5, 5.41) is 1.07. The van der Waals surface area contributed by atoms with Crippen molar-refractivity contribution in [1.82, 2.24) is 9.80 Å². The zero-order valence-corrected chi connectivity index (χ0v) is 28.4. The number of likely N-dealkylation sites (N-methyl/N-ethyl adjacent to an activating group) is 1. The number of hydrogen-bond donors (Lipinski definition) is 0. The Morgan fingerprint density at radius 3 is 2.23 bits per heavy atom. The van der Waals surface area contributed by atoms with Crippen LogP contribution in [0.25, 0.3) is 0 Å². The molecule has 1 fully saturated rings. The van der Waals surface area contributed by atoms with Crippen LogP contribution >= 0.6 is 23.2 Å². The Labute approximate surface area is 273 Å². The first kappa shape index (κ1) is 32.5. The smallest absolute Gasteiger partial charge is 0.253 e. The number of para-hydroxylation sites is 1. The van der Waals surface area contributed by atoms with Gasteiger partial charge in [0.25, 0.3) is 5.91 Å². The fraction of sp³-hybridized carbons (Fsp3) is 0.459. The number of nitrogens with zero attached hydrogens (tertiary/aromatic N) is 3. The molecular formula is C37H45Cl2N3O2. The van der Waals surface area contributed by atoms with Gasteiger partial charge in [-0.25, -0.2) is 0 Å². The van der Waals surface area contributed by atoms with Gasteiger partial charge in [-0.3, -0.25) is 9.59 Å². The van der Waals surface area contributed by atoms with Crippen LogP contribution in [-0.2, 0) is 10.2 Å². The topological polar surface area (TPSA) is 43.9 Å². The van der Waals surface area contributed by atoms with E-state index in [1.807, 2.05) is 87.9 Å². The normalized spacial score (nSPS) is 17.0. The van der Waals surface area contributed by atoms with Crippen LogP contribution < -0.4 is 4.90 Å². The maximum Gasteiger partial charge on any atom is 0.253 e. The highest BCUT2D eigenvalue weighted by molar-refractivity contribution is 6.42. The van der Waals surface area contributed by atoms with Crippen LogP contribution in [0.1, 0.15) is 78.6 Å². The molecule has 0 bridgehead atoms. The summed E-state index contributed by atoms with van der Waals surface area (Å²) in [7, 11) is 1.89. The Morgan fingerprint density at radius 2 is 1.59 bits per heavy atom. The number of rotatable bonds is 7. The highest BCUT2D eigenvalue weighted by Gasteiger charge is 2.47. The van der Waals surface area contributed by atoms with E-state index in [-0.39, 0.29) is 23.1 Å². The van der Waals surface area contributed by atoms with Crippen molar-refractivity contribution in [3.63, 3.8) is 0 Å². The average Bonchev–Trinajstić information content (AvgIpc) is 3.29. The second-order valence-electron chi connectivity index (χ2n) is 14.0. The van der Waals surface area contributed by atoms with Crippen LogP contribution in [0.2, 0.25) is 10.0 Å². The molecular weight excluding hydrogens is 589 g/mol. The molecule has 5 rings (SSSR count). The van der Waals surface area contributed by atoms with Gasteiger partial charge in [-0.05, 0) is 94.2 Å². The molecule has 2 aliphatic rings.